The minimum Gasteiger partial charge on any atom is -0.325 e. The molecule has 1 saturated heterocycles. The van der Waals surface area contributed by atoms with Crippen molar-refractivity contribution in [2.45, 2.75) is 32.7 Å². The van der Waals surface area contributed by atoms with E-state index in [9.17, 15) is 9.59 Å². The first-order valence-corrected chi connectivity index (χ1v) is 5.84. The minimum atomic E-state index is -0.368. The number of aryl methyl sites for hydroxylation is 1. The van der Waals surface area contributed by atoms with Crippen LogP contribution in [0.5, 0.6) is 0 Å². The number of carbonyl (C=O) groups is 2. The number of anilines is 1. The summed E-state index contributed by atoms with van der Waals surface area (Å²) in [6, 6.07) is 6.71. The molecule has 0 aromatic heterocycles. The topological polar surface area (TPSA) is 49.4 Å². The van der Waals surface area contributed by atoms with E-state index in [1.165, 1.54) is 4.90 Å². The molecule has 1 atom stereocenters. The lowest BCUT2D eigenvalue weighted by atomic mass is 10.1. The molecule has 0 bridgehead atoms. The first-order chi connectivity index (χ1) is 8.13. The van der Waals surface area contributed by atoms with Gasteiger partial charge in [-0.2, -0.15) is 0 Å². The number of hydrogen-bond donors (Lipinski definition) is 1. The summed E-state index contributed by atoms with van der Waals surface area (Å²) in [5.41, 5.74) is 1.67. The molecule has 0 radical (unpaired) electrons. The molecule has 90 valence electrons. The predicted octanol–water partition coefficient (Wildman–Crippen LogP) is 2.22. The highest BCUT2D eigenvalue weighted by atomic mass is 16.2. The average molecular weight is 232 g/mol. The number of hydrogen-bond acceptors (Lipinski definition) is 2. The fraction of sp³-hybridized carbons (Fsp3) is 0.385. The average Bonchev–Trinajstić information content (AvgIpc) is 2.55. The zero-order valence-corrected chi connectivity index (χ0v) is 10.1. The normalized spacial score (nSPS) is 19.6. The summed E-state index contributed by atoms with van der Waals surface area (Å²) in [4.78, 5) is 25.1. The highest BCUT2D eigenvalue weighted by Crippen LogP contribution is 2.21. The standard InChI is InChI=1S/C13H16N2O2/c1-3-5-11-12(16)15(13(17)14-11)10-7-4-6-9(2)8-10/h4,6-8,11H,3,5H2,1-2H3,(H,14,17). The Balaban J connectivity index is 2.27. The van der Waals surface area contributed by atoms with Crippen molar-refractivity contribution < 1.29 is 9.59 Å². The van der Waals surface area contributed by atoms with Crippen molar-refractivity contribution in [2.24, 2.45) is 0 Å². The van der Waals surface area contributed by atoms with E-state index in [0.717, 1.165) is 12.0 Å². The lowest BCUT2D eigenvalue weighted by Crippen LogP contribution is -2.31. The van der Waals surface area contributed by atoms with Crippen molar-refractivity contribution in [1.29, 1.82) is 0 Å². The van der Waals surface area contributed by atoms with Crippen LogP contribution in [0.2, 0.25) is 0 Å². The van der Waals surface area contributed by atoms with Gasteiger partial charge in [0, 0.05) is 0 Å². The van der Waals surface area contributed by atoms with Crippen LogP contribution in [0.25, 0.3) is 0 Å². The summed E-state index contributed by atoms with van der Waals surface area (Å²) >= 11 is 0. The fourth-order valence-electron chi connectivity index (χ4n) is 2.03. The van der Waals surface area contributed by atoms with Crippen LogP contribution < -0.4 is 10.2 Å². The van der Waals surface area contributed by atoms with Crippen LogP contribution in [-0.2, 0) is 4.79 Å². The summed E-state index contributed by atoms with van der Waals surface area (Å²) in [7, 11) is 0. The number of nitrogens with one attached hydrogen (secondary N) is 1. The van der Waals surface area contributed by atoms with Gasteiger partial charge in [0.1, 0.15) is 6.04 Å². The molecule has 1 aromatic carbocycles. The number of imide groups is 1. The van der Waals surface area contributed by atoms with Crippen LogP contribution >= 0.6 is 0 Å². The monoisotopic (exact) mass is 232 g/mol. The summed E-state index contributed by atoms with van der Waals surface area (Å²) < 4.78 is 0. The molecule has 1 fully saturated rings. The van der Waals surface area contributed by atoms with Crippen LogP contribution in [0.15, 0.2) is 24.3 Å². The van der Waals surface area contributed by atoms with Crippen LogP contribution in [0.4, 0.5) is 10.5 Å². The van der Waals surface area contributed by atoms with Gasteiger partial charge in [-0.25, -0.2) is 9.69 Å². The molecule has 0 saturated carbocycles. The Morgan fingerprint density at radius 1 is 1.35 bits per heavy atom. The predicted molar refractivity (Wildman–Crippen MR) is 65.9 cm³/mol. The van der Waals surface area contributed by atoms with E-state index in [4.69, 9.17) is 0 Å². The highest BCUT2D eigenvalue weighted by molar-refractivity contribution is 6.21. The summed E-state index contributed by atoms with van der Waals surface area (Å²) in [6.45, 7) is 3.93. The van der Waals surface area contributed by atoms with Crippen molar-refractivity contribution in [3.05, 3.63) is 29.8 Å². The van der Waals surface area contributed by atoms with Crippen molar-refractivity contribution in [3.8, 4) is 0 Å². The van der Waals surface area contributed by atoms with Gasteiger partial charge in [-0.1, -0.05) is 25.5 Å². The maximum Gasteiger partial charge on any atom is 0.329 e. The van der Waals surface area contributed by atoms with Gasteiger partial charge in [0.25, 0.3) is 5.91 Å². The molecule has 0 spiro atoms. The Kier molecular flexibility index (Phi) is 3.13. The quantitative estimate of drug-likeness (QED) is 0.812. The molecule has 1 unspecified atom stereocenters. The molecule has 1 aliphatic heterocycles. The van der Waals surface area contributed by atoms with Crippen LogP contribution in [-0.4, -0.2) is 18.0 Å². The molecular weight excluding hydrogens is 216 g/mol. The Morgan fingerprint density at radius 2 is 2.12 bits per heavy atom. The van der Waals surface area contributed by atoms with E-state index in [1.807, 2.05) is 32.0 Å². The molecule has 1 aromatic rings. The molecule has 17 heavy (non-hydrogen) atoms. The maximum absolute atomic E-state index is 12.1. The Labute approximate surface area is 101 Å². The maximum atomic E-state index is 12.1. The zero-order chi connectivity index (χ0) is 12.4. The minimum absolute atomic E-state index is 0.151. The summed E-state index contributed by atoms with van der Waals surface area (Å²) in [5, 5.41) is 2.71. The second kappa shape index (κ2) is 4.57. The number of rotatable bonds is 3. The van der Waals surface area contributed by atoms with Gasteiger partial charge < -0.3 is 5.32 Å². The molecule has 0 aliphatic carbocycles. The largest absolute Gasteiger partial charge is 0.329 e. The molecule has 1 heterocycles. The number of nitrogens with zero attached hydrogens (tertiary/aromatic N) is 1. The third-order valence-corrected chi connectivity index (χ3v) is 2.86. The van der Waals surface area contributed by atoms with E-state index in [-0.39, 0.29) is 18.0 Å². The molecule has 1 aliphatic rings. The first-order valence-electron chi connectivity index (χ1n) is 5.84. The van der Waals surface area contributed by atoms with Crippen LogP contribution in [0.3, 0.4) is 0 Å². The molecule has 1 N–H and O–H groups in total. The molecule has 4 heteroatoms. The summed E-state index contributed by atoms with van der Waals surface area (Å²) in [5.74, 6) is -0.151. The van der Waals surface area contributed by atoms with E-state index < -0.39 is 0 Å². The van der Waals surface area contributed by atoms with Gasteiger partial charge in [0.05, 0.1) is 5.69 Å². The third-order valence-electron chi connectivity index (χ3n) is 2.86. The van der Waals surface area contributed by atoms with Gasteiger partial charge in [-0.15, -0.1) is 0 Å². The lowest BCUT2D eigenvalue weighted by Gasteiger charge is -2.13. The van der Waals surface area contributed by atoms with Gasteiger partial charge in [0.2, 0.25) is 0 Å². The van der Waals surface area contributed by atoms with Gasteiger partial charge in [-0.05, 0) is 31.0 Å². The number of carbonyl (C=O) groups excluding carboxylic acids is 2. The van der Waals surface area contributed by atoms with Crippen molar-refractivity contribution in [3.63, 3.8) is 0 Å². The van der Waals surface area contributed by atoms with Gasteiger partial charge in [0.15, 0.2) is 0 Å². The highest BCUT2D eigenvalue weighted by Gasteiger charge is 2.38. The number of urea groups is 1. The SMILES string of the molecule is CCCC1NC(=O)N(c2cccc(C)c2)C1=O. The van der Waals surface area contributed by atoms with Gasteiger partial charge in [-0.3, -0.25) is 4.79 Å². The third kappa shape index (κ3) is 2.16. The summed E-state index contributed by atoms with van der Waals surface area (Å²) in [6.07, 6.45) is 1.56. The Hall–Kier alpha value is -1.84. The number of benzene rings is 1. The lowest BCUT2D eigenvalue weighted by molar-refractivity contribution is -0.118. The van der Waals surface area contributed by atoms with Crippen LogP contribution in [0, 0.1) is 6.92 Å². The van der Waals surface area contributed by atoms with E-state index in [0.29, 0.717) is 12.1 Å². The second-order valence-electron chi connectivity index (χ2n) is 4.30. The van der Waals surface area contributed by atoms with Crippen LogP contribution in [0.1, 0.15) is 25.3 Å². The van der Waals surface area contributed by atoms with E-state index >= 15 is 0 Å². The molecular formula is C13H16N2O2. The fourth-order valence-corrected chi connectivity index (χ4v) is 2.03. The molecule has 2 rings (SSSR count). The Bertz CT molecular complexity index is 456. The van der Waals surface area contributed by atoms with E-state index in [1.54, 1.807) is 6.07 Å². The van der Waals surface area contributed by atoms with Crippen molar-refractivity contribution in [1.82, 2.24) is 5.32 Å². The first kappa shape index (κ1) is 11.6. The Morgan fingerprint density at radius 3 is 2.76 bits per heavy atom. The second-order valence-corrected chi connectivity index (χ2v) is 4.30. The van der Waals surface area contributed by atoms with Crippen molar-refractivity contribution in [2.75, 3.05) is 4.90 Å². The van der Waals surface area contributed by atoms with Crippen molar-refractivity contribution >= 4 is 17.6 Å². The van der Waals surface area contributed by atoms with Gasteiger partial charge >= 0.3 is 6.03 Å². The molecule has 4 nitrogen and oxygen atoms in total. The molecule has 3 amide bonds. The smallest absolute Gasteiger partial charge is 0.325 e. The number of amides is 3. The zero-order valence-electron chi connectivity index (χ0n) is 10.1. The van der Waals surface area contributed by atoms with E-state index in [2.05, 4.69) is 5.32 Å².